The van der Waals surface area contributed by atoms with Gasteiger partial charge in [0.05, 0.1) is 28.8 Å². The summed E-state index contributed by atoms with van der Waals surface area (Å²) in [7, 11) is -2.44. The van der Waals surface area contributed by atoms with E-state index in [0.29, 0.717) is 0 Å². The van der Waals surface area contributed by atoms with E-state index in [2.05, 4.69) is 19.6 Å². The summed E-state index contributed by atoms with van der Waals surface area (Å²) in [5.74, 6) is -5.83. The molecule has 35 heavy (non-hydrogen) atoms. The standard InChI is InChI=1S/C21H16F6N4O3S/c1-34-16-7-12(22)3-4-13(16)14-8-18(28-9-15(14)23)30-19-6-11(5-17(24)29-19)10-35(2,33)31-20(32)21(25,26)27/h3-9H,10H2,1-2H3,(H,28,29,30). The van der Waals surface area contributed by atoms with E-state index >= 15 is 0 Å². The van der Waals surface area contributed by atoms with Crippen LogP contribution < -0.4 is 10.1 Å². The molecule has 3 aromatic rings. The predicted molar refractivity (Wildman–Crippen MR) is 115 cm³/mol. The van der Waals surface area contributed by atoms with Crippen molar-refractivity contribution in [2.75, 3.05) is 18.7 Å². The van der Waals surface area contributed by atoms with E-state index in [0.717, 1.165) is 36.7 Å². The van der Waals surface area contributed by atoms with Crippen molar-refractivity contribution in [2.45, 2.75) is 11.9 Å². The fraction of sp³-hybridized carbons (Fsp3) is 0.190. The Morgan fingerprint density at radius 3 is 2.46 bits per heavy atom. The molecular formula is C21H16F6N4O3S. The molecule has 2 heterocycles. The zero-order valence-electron chi connectivity index (χ0n) is 18.0. The Morgan fingerprint density at radius 2 is 1.80 bits per heavy atom. The molecule has 0 saturated carbocycles. The van der Waals surface area contributed by atoms with Crippen molar-refractivity contribution < 1.29 is 40.1 Å². The molecule has 0 bridgehead atoms. The number of carbonyl (C=O) groups excluding carboxylic acids is 1. The minimum Gasteiger partial charge on any atom is -0.496 e. The number of ether oxygens (including phenoxy) is 1. The van der Waals surface area contributed by atoms with Crippen LogP contribution in [0.1, 0.15) is 5.56 Å². The maximum atomic E-state index is 14.4. The normalized spacial score (nSPS) is 13.1. The highest BCUT2D eigenvalue weighted by Crippen LogP contribution is 2.33. The highest BCUT2D eigenvalue weighted by Gasteiger charge is 2.39. The van der Waals surface area contributed by atoms with Gasteiger partial charge in [0.2, 0.25) is 5.95 Å². The van der Waals surface area contributed by atoms with Gasteiger partial charge in [-0.3, -0.25) is 4.79 Å². The van der Waals surface area contributed by atoms with Crippen LogP contribution in [0, 0.1) is 17.6 Å². The van der Waals surface area contributed by atoms with Crippen LogP contribution in [0.4, 0.5) is 38.0 Å². The van der Waals surface area contributed by atoms with Gasteiger partial charge in [0.1, 0.15) is 29.0 Å². The quantitative estimate of drug-likeness (QED) is 0.365. The SMILES string of the molecule is COc1cc(F)ccc1-c1cc(Nc2cc(CS(C)(=O)=NC(=O)C(F)(F)F)cc(F)n2)ncc1F. The summed E-state index contributed by atoms with van der Waals surface area (Å²) in [6, 6.07) is 6.63. The molecule has 1 atom stereocenters. The molecule has 3 rings (SSSR count). The Bertz CT molecular complexity index is 1400. The fourth-order valence-electron chi connectivity index (χ4n) is 3.00. The molecule has 0 fully saturated rings. The van der Waals surface area contributed by atoms with Crippen LogP contribution in [0.3, 0.4) is 0 Å². The van der Waals surface area contributed by atoms with Gasteiger partial charge in [-0.1, -0.05) is 0 Å². The van der Waals surface area contributed by atoms with E-state index in [-0.39, 0.29) is 34.1 Å². The van der Waals surface area contributed by atoms with E-state index in [9.17, 15) is 35.3 Å². The Hall–Kier alpha value is -3.68. The second-order valence-corrected chi connectivity index (χ2v) is 9.59. The third kappa shape index (κ3) is 6.68. The summed E-state index contributed by atoms with van der Waals surface area (Å²) >= 11 is 0. The zero-order valence-corrected chi connectivity index (χ0v) is 18.8. The molecule has 14 heteroatoms. The molecule has 1 N–H and O–H groups in total. The number of carbonyl (C=O) groups is 1. The van der Waals surface area contributed by atoms with Crippen molar-refractivity contribution in [3.05, 3.63) is 65.7 Å². The van der Waals surface area contributed by atoms with Gasteiger partial charge in [-0.05, 0) is 35.9 Å². The fourth-order valence-corrected chi connectivity index (χ4v) is 4.30. The lowest BCUT2D eigenvalue weighted by Gasteiger charge is -2.12. The first-order valence-corrected chi connectivity index (χ1v) is 11.6. The molecule has 0 aliphatic heterocycles. The first-order valence-electron chi connectivity index (χ1n) is 9.51. The summed E-state index contributed by atoms with van der Waals surface area (Å²) in [6.07, 6.45) is -3.62. The minimum absolute atomic E-state index is 0.0222. The van der Waals surface area contributed by atoms with Crippen LogP contribution in [0.5, 0.6) is 5.75 Å². The average Bonchev–Trinajstić information content (AvgIpc) is 2.73. The highest BCUT2D eigenvalue weighted by atomic mass is 32.2. The van der Waals surface area contributed by atoms with E-state index < -0.39 is 45.1 Å². The molecule has 1 aromatic carbocycles. The van der Waals surface area contributed by atoms with Crippen LogP contribution in [0.2, 0.25) is 0 Å². The van der Waals surface area contributed by atoms with Gasteiger partial charge < -0.3 is 10.1 Å². The van der Waals surface area contributed by atoms with E-state index in [4.69, 9.17) is 4.74 Å². The maximum absolute atomic E-state index is 14.4. The molecule has 186 valence electrons. The van der Waals surface area contributed by atoms with Gasteiger partial charge in [-0.15, -0.1) is 0 Å². The lowest BCUT2D eigenvalue weighted by Crippen LogP contribution is -2.22. The molecule has 0 aliphatic carbocycles. The summed E-state index contributed by atoms with van der Waals surface area (Å²) in [5, 5.41) is 2.61. The van der Waals surface area contributed by atoms with Crippen molar-refractivity contribution in [1.29, 1.82) is 0 Å². The van der Waals surface area contributed by atoms with Crippen molar-refractivity contribution in [3.8, 4) is 16.9 Å². The number of hydrogen-bond donors (Lipinski definition) is 1. The molecular weight excluding hydrogens is 502 g/mol. The number of halogens is 6. The molecule has 7 nitrogen and oxygen atoms in total. The Labute approximate surface area is 195 Å². The van der Waals surface area contributed by atoms with Gasteiger partial charge in [0.25, 0.3) is 0 Å². The van der Waals surface area contributed by atoms with E-state index in [1.165, 1.54) is 19.2 Å². The Kier molecular flexibility index (Phi) is 7.33. The number of anilines is 2. The van der Waals surface area contributed by atoms with Crippen molar-refractivity contribution in [3.63, 3.8) is 0 Å². The zero-order chi connectivity index (χ0) is 26.0. The first kappa shape index (κ1) is 25.9. The molecule has 1 unspecified atom stereocenters. The number of amides is 1. The number of benzene rings is 1. The van der Waals surface area contributed by atoms with Gasteiger partial charge in [-0.25, -0.2) is 23.0 Å². The van der Waals surface area contributed by atoms with Crippen molar-refractivity contribution >= 4 is 27.3 Å². The van der Waals surface area contributed by atoms with Crippen LogP contribution in [-0.2, 0) is 20.3 Å². The van der Waals surface area contributed by atoms with Crippen LogP contribution in [-0.4, -0.2) is 39.6 Å². The number of rotatable bonds is 6. The minimum atomic E-state index is -5.30. The number of nitrogens with zero attached hydrogens (tertiary/aromatic N) is 3. The number of pyridine rings is 2. The maximum Gasteiger partial charge on any atom is 0.474 e. The Balaban J connectivity index is 1.92. The molecule has 0 saturated heterocycles. The third-order valence-electron chi connectivity index (χ3n) is 4.37. The van der Waals surface area contributed by atoms with Crippen molar-refractivity contribution in [2.24, 2.45) is 4.36 Å². The number of methoxy groups -OCH3 is 1. The monoisotopic (exact) mass is 518 g/mol. The van der Waals surface area contributed by atoms with Crippen LogP contribution in [0.25, 0.3) is 11.1 Å². The number of nitrogens with one attached hydrogen (secondary N) is 1. The molecule has 0 aliphatic rings. The third-order valence-corrected chi connectivity index (χ3v) is 5.79. The van der Waals surface area contributed by atoms with Gasteiger partial charge in [0, 0.05) is 23.4 Å². The summed E-state index contributed by atoms with van der Waals surface area (Å²) < 4.78 is 99.4. The molecule has 0 spiro atoms. The summed E-state index contributed by atoms with van der Waals surface area (Å²) in [5.41, 5.74) is 0.0946. The Morgan fingerprint density at radius 1 is 1.09 bits per heavy atom. The molecule has 2 aromatic heterocycles. The largest absolute Gasteiger partial charge is 0.496 e. The number of hydrogen-bond acceptors (Lipinski definition) is 6. The van der Waals surface area contributed by atoms with Crippen LogP contribution >= 0.6 is 0 Å². The second kappa shape index (κ2) is 9.90. The van der Waals surface area contributed by atoms with Gasteiger partial charge in [-0.2, -0.15) is 21.9 Å². The number of aromatic nitrogens is 2. The predicted octanol–water partition coefficient (Wildman–Crippen LogP) is 5.00. The lowest BCUT2D eigenvalue weighted by molar-refractivity contribution is -0.169. The van der Waals surface area contributed by atoms with Gasteiger partial charge in [0.15, 0.2) is 0 Å². The average molecular weight is 518 g/mol. The second-order valence-electron chi connectivity index (χ2n) is 7.20. The van der Waals surface area contributed by atoms with Crippen LogP contribution in [0.15, 0.2) is 47.0 Å². The lowest BCUT2D eigenvalue weighted by atomic mass is 10.0. The number of alkyl halides is 3. The first-order chi connectivity index (χ1) is 16.3. The van der Waals surface area contributed by atoms with Crippen molar-refractivity contribution in [1.82, 2.24) is 9.97 Å². The van der Waals surface area contributed by atoms with E-state index in [1.54, 1.807) is 0 Å². The van der Waals surface area contributed by atoms with Gasteiger partial charge >= 0.3 is 12.1 Å². The smallest absolute Gasteiger partial charge is 0.474 e. The summed E-state index contributed by atoms with van der Waals surface area (Å²) in [6.45, 7) is 0. The topological polar surface area (TPSA) is 93.5 Å². The summed E-state index contributed by atoms with van der Waals surface area (Å²) in [4.78, 5) is 18.4. The highest BCUT2D eigenvalue weighted by molar-refractivity contribution is 7.92. The molecule has 0 radical (unpaired) electrons. The molecule has 1 amide bonds. The van der Waals surface area contributed by atoms with E-state index in [1.807, 2.05) is 0 Å².